The molecule has 0 bridgehead atoms. The zero-order chi connectivity index (χ0) is 18.8. The highest BCUT2D eigenvalue weighted by Gasteiger charge is 2.12. The third-order valence-corrected chi connectivity index (χ3v) is 5.11. The second-order valence-corrected chi connectivity index (χ2v) is 7.59. The molecule has 2 aromatic rings. The minimum Gasteiger partial charge on any atom is -0.494 e. The van der Waals surface area contributed by atoms with Crippen molar-refractivity contribution in [2.45, 2.75) is 24.7 Å². The van der Waals surface area contributed by atoms with Gasteiger partial charge in [-0.2, -0.15) is 0 Å². The maximum Gasteiger partial charge on any atom is 0.240 e. The molecular formula is C19H24N2O4S. The Hall–Kier alpha value is -2.38. The average molecular weight is 376 g/mol. The Balaban J connectivity index is 1.60. The van der Waals surface area contributed by atoms with Crippen LogP contribution in [0.2, 0.25) is 0 Å². The normalized spacial score (nSPS) is 11.1. The molecule has 2 N–H and O–H groups in total. The highest BCUT2D eigenvalue weighted by atomic mass is 32.2. The molecule has 6 nitrogen and oxygen atoms in total. The minimum absolute atomic E-state index is 0.129. The standard InChI is InChI=1S/C19H24N2O4S/c1-16-9-11-18(12-10-16)26(23,24)21-14-13-20-19(22)8-5-15-25-17-6-3-2-4-7-17/h2-4,6-7,9-12,21H,5,8,13-15H2,1H3,(H,20,22). The second-order valence-electron chi connectivity index (χ2n) is 5.83. The topological polar surface area (TPSA) is 84.5 Å². The maximum atomic E-state index is 12.1. The molecule has 0 radical (unpaired) electrons. The van der Waals surface area contributed by atoms with Crippen molar-refractivity contribution in [3.8, 4) is 5.75 Å². The molecule has 0 aromatic heterocycles. The van der Waals surface area contributed by atoms with Gasteiger partial charge in [-0.15, -0.1) is 0 Å². The highest BCUT2D eigenvalue weighted by Crippen LogP contribution is 2.10. The number of aryl methyl sites for hydroxylation is 1. The van der Waals surface area contributed by atoms with Gasteiger partial charge in [-0.3, -0.25) is 4.79 Å². The number of carbonyl (C=O) groups is 1. The molecule has 0 fully saturated rings. The summed E-state index contributed by atoms with van der Waals surface area (Å²) in [6, 6.07) is 16.0. The molecule has 1 amide bonds. The molecular weight excluding hydrogens is 352 g/mol. The lowest BCUT2D eigenvalue weighted by molar-refractivity contribution is -0.121. The summed E-state index contributed by atoms with van der Waals surface area (Å²) in [7, 11) is -3.55. The van der Waals surface area contributed by atoms with Crippen molar-refractivity contribution in [2.24, 2.45) is 0 Å². The first-order valence-corrected chi connectivity index (χ1v) is 9.96. The molecule has 26 heavy (non-hydrogen) atoms. The quantitative estimate of drug-likeness (QED) is 0.623. The van der Waals surface area contributed by atoms with Crippen LogP contribution in [-0.2, 0) is 14.8 Å². The molecule has 0 aliphatic carbocycles. The van der Waals surface area contributed by atoms with Gasteiger partial charge in [0, 0.05) is 19.5 Å². The van der Waals surface area contributed by atoms with E-state index >= 15 is 0 Å². The summed E-state index contributed by atoms with van der Waals surface area (Å²) >= 11 is 0. The van der Waals surface area contributed by atoms with E-state index in [-0.39, 0.29) is 23.9 Å². The summed E-state index contributed by atoms with van der Waals surface area (Å²) in [6.45, 7) is 2.73. The fourth-order valence-corrected chi connectivity index (χ4v) is 3.25. The number of nitrogens with one attached hydrogen (secondary N) is 2. The molecule has 0 saturated carbocycles. The van der Waals surface area contributed by atoms with Crippen LogP contribution in [0.15, 0.2) is 59.5 Å². The van der Waals surface area contributed by atoms with Gasteiger partial charge in [0.25, 0.3) is 0 Å². The fraction of sp³-hybridized carbons (Fsp3) is 0.316. The van der Waals surface area contributed by atoms with E-state index in [1.807, 2.05) is 37.3 Å². The van der Waals surface area contributed by atoms with Crippen LogP contribution in [0.25, 0.3) is 0 Å². The molecule has 2 aromatic carbocycles. The van der Waals surface area contributed by atoms with Gasteiger partial charge < -0.3 is 10.1 Å². The molecule has 0 spiro atoms. The molecule has 140 valence electrons. The number of amides is 1. The van der Waals surface area contributed by atoms with Crippen molar-refractivity contribution in [1.82, 2.24) is 10.0 Å². The smallest absolute Gasteiger partial charge is 0.240 e. The van der Waals surface area contributed by atoms with Crippen LogP contribution < -0.4 is 14.8 Å². The summed E-state index contributed by atoms with van der Waals surface area (Å²) in [5.41, 5.74) is 0.993. The number of hydrogen-bond donors (Lipinski definition) is 2. The fourth-order valence-electron chi connectivity index (χ4n) is 2.22. The molecule has 7 heteroatoms. The van der Waals surface area contributed by atoms with Gasteiger partial charge >= 0.3 is 0 Å². The molecule has 0 saturated heterocycles. The van der Waals surface area contributed by atoms with Crippen LogP contribution in [0, 0.1) is 6.92 Å². The predicted octanol–water partition coefficient (Wildman–Crippen LogP) is 2.25. The van der Waals surface area contributed by atoms with Gasteiger partial charge in [-0.1, -0.05) is 35.9 Å². The van der Waals surface area contributed by atoms with Crippen LogP contribution in [0.1, 0.15) is 18.4 Å². The molecule has 0 aliphatic rings. The Kier molecular flexibility index (Phi) is 7.62. The molecule has 0 unspecified atom stereocenters. The Morgan fingerprint density at radius 3 is 2.38 bits per heavy atom. The van der Waals surface area contributed by atoms with Gasteiger partial charge in [0.15, 0.2) is 0 Å². The Morgan fingerprint density at radius 1 is 1.00 bits per heavy atom. The Labute approximate surface area is 154 Å². The monoisotopic (exact) mass is 376 g/mol. The average Bonchev–Trinajstić information content (AvgIpc) is 2.64. The SMILES string of the molecule is Cc1ccc(S(=O)(=O)NCCNC(=O)CCCOc2ccccc2)cc1. The zero-order valence-electron chi connectivity index (χ0n) is 14.8. The van der Waals surface area contributed by atoms with Crippen LogP contribution in [0.3, 0.4) is 0 Å². The number of benzene rings is 2. The van der Waals surface area contributed by atoms with Crippen LogP contribution in [0.5, 0.6) is 5.75 Å². The lowest BCUT2D eigenvalue weighted by Crippen LogP contribution is -2.34. The lowest BCUT2D eigenvalue weighted by Gasteiger charge is -2.09. The first-order valence-electron chi connectivity index (χ1n) is 8.48. The van der Waals surface area contributed by atoms with Crippen molar-refractivity contribution in [2.75, 3.05) is 19.7 Å². The Bertz CT molecular complexity index is 790. The Morgan fingerprint density at radius 2 is 1.69 bits per heavy atom. The summed E-state index contributed by atoms with van der Waals surface area (Å²) in [5, 5.41) is 2.69. The number of para-hydroxylation sites is 1. The van der Waals surface area contributed by atoms with Crippen LogP contribution in [-0.4, -0.2) is 34.0 Å². The second kappa shape index (κ2) is 9.94. The summed E-state index contributed by atoms with van der Waals surface area (Å²) in [6.07, 6.45) is 0.924. The first kappa shape index (κ1) is 19.9. The summed E-state index contributed by atoms with van der Waals surface area (Å²) < 4.78 is 32.2. The number of ether oxygens (including phenoxy) is 1. The number of sulfonamides is 1. The summed E-state index contributed by atoms with van der Waals surface area (Å²) in [4.78, 5) is 12.0. The van der Waals surface area contributed by atoms with E-state index in [0.717, 1.165) is 11.3 Å². The molecule has 0 aliphatic heterocycles. The maximum absolute atomic E-state index is 12.1. The summed E-state index contributed by atoms with van der Waals surface area (Å²) in [5.74, 6) is 0.648. The molecule has 0 atom stereocenters. The number of hydrogen-bond acceptors (Lipinski definition) is 4. The van der Waals surface area contributed by atoms with Gasteiger partial charge in [-0.05, 0) is 37.6 Å². The zero-order valence-corrected chi connectivity index (χ0v) is 15.6. The van der Waals surface area contributed by atoms with Crippen molar-refractivity contribution in [1.29, 1.82) is 0 Å². The predicted molar refractivity (Wildman–Crippen MR) is 101 cm³/mol. The van der Waals surface area contributed by atoms with Gasteiger partial charge in [0.05, 0.1) is 11.5 Å². The van der Waals surface area contributed by atoms with Crippen molar-refractivity contribution < 1.29 is 17.9 Å². The first-order chi connectivity index (χ1) is 12.5. The van der Waals surface area contributed by atoms with Crippen molar-refractivity contribution in [3.63, 3.8) is 0 Å². The van der Waals surface area contributed by atoms with E-state index in [2.05, 4.69) is 10.0 Å². The van der Waals surface area contributed by atoms with E-state index in [9.17, 15) is 13.2 Å². The lowest BCUT2D eigenvalue weighted by atomic mass is 10.2. The van der Waals surface area contributed by atoms with Gasteiger partial charge in [-0.25, -0.2) is 13.1 Å². The third-order valence-electron chi connectivity index (χ3n) is 3.63. The largest absolute Gasteiger partial charge is 0.494 e. The molecule has 2 rings (SSSR count). The van der Waals surface area contributed by atoms with Crippen LogP contribution in [0.4, 0.5) is 0 Å². The highest BCUT2D eigenvalue weighted by molar-refractivity contribution is 7.89. The van der Waals surface area contributed by atoms with E-state index in [1.165, 1.54) is 0 Å². The molecule has 0 heterocycles. The van der Waals surface area contributed by atoms with Crippen LogP contribution >= 0.6 is 0 Å². The van der Waals surface area contributed by atoms with Gasteiger partial charge in [0.1, 0.15) is 5.75 Å². The number of rotatable bonds is 10. The van der Waals surface area contributed by atoms with E-state index in [1.54, 1.807) is 24.3 Å². The minimum atomic E-state index is -3.55. The number of carbonyl (C=O) groups excluding carboxylic acids is 1. The third kappa shape index (κ3) is 6.85. The van der Waals surface area contributed by atoms with E-state index < -0.39 is 10.0 Å². The van der Waals surface area contributed by atoms with Gasteiger partial charge in [0.2, 0.25) is 15.9 Å². The van der Waals surface area contributed by atoms with E-state index in [0.29, 0.717) is 19.4 Å². The van der Waals surface area contributed by atoms with E-state index in [4.69, 9.17) is 4.74 Å². The van der Waals surface area contributed by atoms with Crippen molar-refractivity contribution in [3.05, 3.63) is 60.2 Å². The van der Waals surface area contributed by atoms with Crippen molar-refractivity contribution >= 4 is 15.9 Å².